The molecule has 41 heavy (non-hydrogen) atoms. The Morgan fingerprint density at radius 1 is 0.854 bits per heavy atom. The van der Waals surface area contributed by atoms with Crippen molar-refractivity contribution in [1.82, 2.24) is 35.1 Å². The summed E-state index contributed by atoms with van der Waals surface area (Å²) in [6.45, 7) is 0. The van der Waals surface area contributed by atoms with Gasteiger partial charge < -0.3 is 10.3 Å². The van der Waals surface area contributed by atoms with Gasteiger partial charge in [-0.15, -0.1) is 0 Å². The molecule has 0 bridgehead atoms. The third-order valence-electron chi connectivity index (χ3n) is 6.75. The minimum atomic E-state index is -0.306. The normalized spacial score (nSPS) is 11.2. The molecule has 7 rings (SSSR count). The molecule has 0 radical (unpaired) electrons. The molecule has 5 aromatic heterocycles. The highest BCUT2D eigenvalue weighted by atomic mass is 19.1. The van der Waals surface area contributed by atoms with E-state index in [1.165, 1.54) is 12.1 Å². The van der Waals surface area contributed by atoms with Crippen LogP contribution in [0.5, 0.6) is 0 Å². The lowest BCUT2D eigenvalue weighted by Crippen LogP contribution is -2.14. The summed E-state index contributed by atoms with van der Waals surface area (Å²) in [5.41, 5.74) is 7.29. The quantitative estimate of drug-likeness (QED) is 0.240. The van der Waals surface area contributed by atoms with Gasteiger partial charge >= 0.3 is 0 Å². The Bertz CT molecular complexity index is 2030. The van der Waals surface area contributed by atoms with Crippen molar-refractivity contribution in [2.24, 2.45) is 0 Å². The molecule has 3 N–H and O–H groups in total. The Morgan fingerprint density at radius 3 is 2.54 bits per heavy atom. The summed E-state index contributed by atoms with van der Waals surface area (Å²) in [5, 5.41) is 11.3. The van der Waals surface area contributed by atoms with E-state index in [0.717, 1.165) is 38.7 Å². The van der Waals surface area contributed by atoms with Crippen LogP contribution in [0, 0.1) is 5.82 Å². The van der Waals surface area contributed by atoms with Crippen molar-refractivity contribution in [1.29, 1.82) is 0 Å². The number of nitrogens with zero attached hydrogens (tertiary/aromatic N) is 5. The topological polar surface area (TPSA) is 125 Å². The molecule has 0 aliphatic heterocycles. The Kier molecular flexibility index (Phi) is 5.97. The van der Waals surface area contributed by atoms with Crippen molar-refractivity contribution >= 4 is 33.5 Å². The molecule has 5 heterocycles. The van der Waals surface area contributed by atoms with Crippen LogP contribution in [0.15, 0.2) is 97.7 Å². The fraction of sp³-hybridized carbons (Fsp3) is 0.0323. The zero-order chi connectivity index (χ0) is 27.8. The first-order chi connectivity index (χ1) is 20.1. The number of aromatic nitrogens is 7. The number of amides is 1. The Morgan fingerprint density at radius 2 is 1.68 bits per heavy atom. The van der Waals surface area contributed by atoms with Gasteiger partial charge in [0, 0.05) is 28.9 Å². The van der Waals surface area contributed by atoms with Crippen LogP contribution in [0.25, 0.3) is 55.8 Å². The number of nitrogens with one attached hydrogen (secondary N) is 3. The van der Waals surface area contributed by atoms with Crippen LogP contribution < -0.4 is 5.32 Å². The standard InChI is InChI=1S/C31H21FN8O/c32-21-8-6-19(7-9-21)24-15-34-16-27-29(24)38-31(37-27)30-23-12-25(35-17-26(23)39-40-30)20-11-22(14-33-13-20)36-28(41)10-18-4-2-1-3-5-18/h1-9,11-17H,10H2,(H,36,41)(H,37,38)(H,39,40). The smallest absolute Gasteiger partial charge is 0.228 e. The lowest BCUT2D eigenvalue weighted by atomic mass is 10.1. The second kappa shape index (κ2) is 10.1. The number of imidazole rings is 1. The molecular formula is C31H21FN8O. The van der Waals surface area contributed by atoms with E-state index in [2.05, 4.69) is 35.5 Å². The first-order valence-corrected chi connectivity index (χ1v) is 12.8. The molecule has 9 nitrogen and oxygen atoms in total. The van der Waals surface area contributed by atoms with Gasteiger partial charge in [0.15, 0.2) is 5.82 Å². The average molecular weight is 541 g/mol. The number of aromatic amines is 2. The Balaban J connectivity index is 1.21. The largest absolute Gasteiger partial charge is 0.335 e. The highest BCUT2D eigenvalue weighted by Crippen LogP contribution is 2.32. The number of carbonyl (C=O) groups excluding carboxylic acids is 1. The molecule has 0 spiro atoms. The molecule has 7 aromatic rings. The summed E-state index contributed by atoms with van der Waals surface area (Å²) in [4.78, 5) is 34.0. The highest BCUT2D eigenvalue weighted by molar-refractivity contribution is 5.97. The van der Waals surface area contributed by atoms with Gasteiger partial charge in [0.1, 0.15) is 11.5 Å². The zero-order valence-corrected chi connectivity index (χ0v) is 21.5. The van der Waals surface area contributed by atoms with E-state index in [-0.39, 0.29) is 18.1 Å². The summed E-state index contributed by atoms with van der Waals surface area (Å²) in [7, 11) is 0. The van der Waals surface area contributed by atoms with E-state index in [1.54, 1.807) is 43.1 Å². The second-order valence-corrected chi connectivity index (χ2v) is 9.54. The van der Waals surface area contributed by atoms with E-state index < -0.39 is 0 Å². The maximum Gasteiger partial charge on any atom is 0.228 e. The summed E-state index contributed by atoms with van der Waals surface area (Å²) >= 11 is 0. The molecule has 0 unspecified atom stereocenters. The van der Waals surface area contributed by atoms with Crippen molar-refractivity contribution in [2.75, 3.05) is 5.32 Å². The molecule has 0 fully saturated rings. The molecule has 10 heteroatoms. The maximum atomic E-state index is 13.5. The fourth-order valence-corrected chi connectivity index (χ4v) is 4.78. The molecule has 0 aliphatic rings. The van der Waals surface area contributed by atoms with Gasteiger partial charge in [-0.3, -0.25) is 24.8 Å². The SMILES string of the molecule is O=C(Cc1ccccc1)Nc1cncc(-c2cc3c(-c4nc5c(-c6ccc(F)cc6)cncc5[nH]4)n[nH]c3cn2)c1. The molecule has 198 valence electrons. The van der Waals surface area contributed by atoms with Crippen LogP contribution in [0.4, 0.5) is 10.1 Å². The van der Waals surface area contributed by atoms with Gasteiger partial charge in [0.05, 0.1) is 52.9 Å². The van der Waals surface area contributed by atoms with E-state index in [1.807, 2.05) is 42.5 Å². The van der Waals surface area contributed by atoms with Gasteiger partial charge in [-0.05, 0) is 35.4 Å². The summed E-state index contributed by atoms with van der Waals surface area (Å²) in [6, 6.07) is 19.5. The van der Waals surface area contributed by atoms with Gasteiger partial charge in [-0.2, -0.15) is 5.10 Å². The van der Waals surface area contributed by atoms with Crippen molar-refractivity contribution in [2.45, 2.75) is 6.42 Å². The number of hydrogen-bond donors (Lipinski definition) is 3. The Labute approximate surface area is 232 Å². The van der Waals surface area contributed by atoms with Gasteiger partial charge in [-0.1, -0.05) is 42.5 Å². The number of carbonyl (C=O) groups is 1. The molecule has 0 aliphatic carbocycles. The lowest BCUT2D eigenvalue weighted by Gasteiger charge is -2.07. The van der Waals surface area contributed by atoms with Gasteiger partial charge in [-0.25, -0.2) is 9.37 Å². The van der Waals surface area contributed by atoms with E-state index >= 15 is 0 Å². The first kappa shape index (κ1) is 24.3. The molecular weight excluding hydrogens is 519 g/mol. The summed E-state index contributed by atoms with van der Waals surface area (Å²) in [5.74, 6) is 0.120. The van der Waals surface area contributed by atoms with Crippen molar-refractivity contribution in [3.05, 3.63) is 109 Å². The number of pyridine rings is 3. The van der Waals surface area contributed by atoms with Crippen molar-refractivity contribution in [3.8, 4) is 33.9 Å². The van der Waals surface area contributed by atoms with Crippen LogP contribution in [-0.4, -0.2) is 41.0 Å². The number of H-pyrrole nitrogens is 2. The molecule has 0 atom stereocenters. The van der Waals surface area contributed by atoms with Gasteiger partial charge in [0.25, 0.3) is 0 Å². The van der Waals surface area contributed by atoms with Crippen LogP contribution in [0.3, 0.4) is 0 Å². The maximum absolute atomic E-state index is 13.5. The monoisotopic (exact) mass is 540 g/mol. The minimum absolute atomic E-state index is 0.130. The van der Waals surface area contributed by atoms with E-state index in [4.69, 9.17) is 4.98 Å². The first-order valence-electron chi connectivity index (χ1n) is 12.8. The number of benzene rings is 2. The summed E-state index contributed by atoms with van der Waals surface area (Å²) in [6.07, 6.45) is 8.69. The second-order valence-electron chi connectivity index (χ2n) is 9.54. The number of anilines is 1. The van der Waals surface area contributed by atoms with Crippen LogP contribution >= 0.6 is 0 Å². The third kappa shape index (κ3) is 4.78. The zero-order valence-electron chi connectivity index (χ0n) is 21.5. The molecule has 0 saturated carbocycles. The predicted octanol–water partition coefficient (Wildman–Crippen LogP) is 5.95. The molecule has 2 aromatic carbocycles. The molecule has 1 amide bonds. The number of halogens is 1. The lowest BCUT2D eigenvalue weighted by molar-refractivity contribution is -0.115. The fourth-order valence-electron chi connectivity index (χ4n) is 4.78. The summed E-state index contributed by atoms with van der Waals surface area (Å²) < 4.78 is 13.5. The number of fused-ring (bicyclic) bond motifs is 2. The van der Waals surface area contributed by atoms with Crippen LogP contribution in [-0.2, 0) is 11.2 Å². The Hall–Kier alpha value is -5.77. The van der Waals surface area contributed by atoms with E-state index in [9.17, 15) is 9.18 Å². The van der Waals surface area contributed by atoms with Crippen LogP contribution in [0.2, 0.25) is 0 Å². The average Bonchev–Trinajstić information content (AvgIpc) is 3.62. The van der Waals surface area contributed by atoms with Gasteiger partial charge in [0.2, 0.25) is 5.91 Å². The predicted molar refractivity (Wildman–Crippen MR) is 154 cm³/mol. The number of hydrogen-bond acceptors (Lipinski definition) is 6. The molecule has 0 saturated heterocycles. The van der Waals surface area contributed by atoms with Crippen molar-refractivity contribution in [3.63, 3.8) is 0 Å². The highest BCUT2D eigenvalue weighted by Gasteiger charge is 2.17. The van der Waals surface area contributed by atoms with Crippen LogP contribution in [0.1, 0.15) is 5.56 Å². The third-order valence-corrected chi connectivity index (χ3v) is 6.75. The minimum Gasteiger partial charge on any atom is -0.335 e. The van der Waals surface area contributed by atoms with Crippen molar-refractivity contribution < 1.29 is 9.18 Å². The van der Waals surface area contributed by atoms with E-state index in [0.29, 0.717) is 28.4 Å². The number of rotatable bonds is 6.